The van der Waals surface area contributed by atoms with Gasteiger partial charge in [0, 0.05) is 13.2 Å². The van der Waals surface area contributed by atoms with Crippen molar-refractivity contribution >= 4 is 27.3 Å². The molecule has 1 atom stereocenters. The molecule has 3 N–H and O–H groups in total. The molecule has 8 heteroatoms. The molecule has 0 aliphatic carbocycles. The largest absolute Gasteiger partial charge is 0.477 e. The summed E-state index contributed by atoms with van der Waals surface area (Å²) in [7, 11) is -3.68. The SMILES string of the molecule is CC(CO)CNS(=O)(=O)c1ccc(C(=O)O)s1. The second kappa shape index (κ2) is 5.58. The molecule has 0 aromatic carbocycles. The van der Waals surface area contributed by atoms with Crippen molar-refractivity contribution in [3.05, 3.63) is 17.0 Å². The molecule has 96 valence electrons. The van der Waals surface area contributed by atoms with Crippen LogP contribution in [0.15, 0.2) is 16.3 Å². The van der Waals surface area contributed by atoms with Gasteiger partial charge < -0.3 is 10.2 Å². The minimum atomic E-state index is -3.68. The molecule has 1 unspecified atom stereocenters. The lowest BCUT2D eigenvalue weighted by Gasteiger charge is -2.08. The Morgan fingerprint density at radius 1 is 1.53 bits per heavy atom. The highest BCUT2D eigenvalue weighted by Crippen LogP contribution is 2.21. The lowest BCUT2D eigenvalue weighted by molar-refractivity contribution is 0.0702. The van der Waals surface area contributed by atoms with Crippen LogP contribution in [0.2, 0.25) is 0 Å². The summed E-state index contributed by atoms with van der Waals surface area (Å²) in [6.45, 7) is 1.69. The van der Waals surface area contributed by atoms with Crippen LogP contribution in [0.3, 0.4) is 0 Å². The van der Waals surface area contributed by atoms with E-state index in [-0.39, 0.29) is 28.2 Å². The van der Waals surface area contributed by atoms with E-state index >= 15 is 0 Å². The van der Waals surface area contributed by atoms with Gasteiger partial charge in [0.2, 0.25) is 10.0 Å². The summed E-state index contributed by atoms with van der Waals surface area (Å²) >= 11 is 0.695. The number of nitrogens with one attached hydrogen (secondary N) is 1. The Hall–Kier alpha value is -0.960. The van der Waals surface area contributed by atoms with E-state index in [2.05, 4.69) is 4.72 Å². The second-order valence-electron chi connectivity index (χ2n) is 3.56. The van der Waals surface area contributed by atoms with Gasteiger partial charge in [0.05, 0.1) is 0 Å². The predicted octanol–water partition coefficient (Wildman–Crippen LogP) is 0.353. The Labute approximate surface area is 103 Å². The van der Waals surface area contributed by atoms with Crippen molar-refractivity contribution < 1.29 is 23.4 Å². The number of aromatic carboxylic acids is 1. The smallest absolute Gasteiger partial charge is 0.345 e. The summed E-state index contributed by atoms with van der Waals surface area (Å²) in [5, 5.41) is 17.5. The van der Waals surface area contributed by atoms with Gasteiger partial charge in [-0.1, -0.05) is 6.92 Å². The summed E-state index contributed by atoms with van der Waals surface area (Å²) in [5.74, 6) is -1.34. The standard InChI is InChI=1S/C9H13NO5S2/c1-6(5-11)4-10-17(14,15)8-3-2-7(16-8)9(12)13/h2-3,6,10-11H,4-5H2,1H3,(H,12,13). The molecule has 0 saturated heterocycles. The molecule has 1 aromatic heterocycles. The Morgan fingerprint density at radius 2 is 2.18 bits per heavy atom. The van der Waals surface area contributed by atoms with Crippen LogP contribution < -0.4 is 4.72 Å². The number of sulfonamides is 1. The van der Waals surface area contributed by atoms with Gasteiger partial charge in [-0.15, -0.1) is 11.3 Å². The fraction of sp³-hybridized carbons (Fsp3) is 0.444. The lowest BCUT2D eigenvalue weighted by Crippen LogP contribution is -2.29. The molecule has 1 heterocycles. The van der Waals surface area contributed by atoms with Crippen LogP contribution >= 0.6 is 11.3 Å². The van der Waals surface area contributed by atoms with E-state index < -0.39 is 16.0 Å². The Bertz CT molecular complexity index is 493. The molecule has 0 spiro atoms. The Kier molecular flexibility index (Phi) is 4.63. The van der Waals surface area contributed by atoms with Crippen LogP contribution in [0, 0.1) is 5.92 Å². The first-order valence-corrected chi connectivity index (χ1v) is 7.10. The van der Waals surface area contributed by atoms with E-state index in [1.54, 1.807) is 6.92 Å². The molecule has 0 aliphatic rings. The fourth-order valence-electron chi connectivity index (χ4n) is 0.967. The molecule has 0 radical (unpaired) electrons. The van der Waals surface area contributed by atoms with Gasteiger partial charge in [0.15, 0.2) is 0 Å². The van der Waals surface area contributed by atoms with Crippen molar-refractivity contribution in [2.24, 2.45) is 5.92 Å². The highest BCUT2D eigenvalue weighted by atomic mass is 32.2. The van der Waals surface area contributed by atoms with Crippen molar-refractivity contribution in [2.45, 2.75) is 11.1 Å². The fourth-order valence-corrected chi connectivity index (χ4v) is 3.32. The molecular weight excluding hydrogens is 266 g/mol. The first-order valence-electron chi connectivity index (χ1n) is 4.80. The average molecular weight is 279 g/mol. The minimum Gasteiger partial charge on any atom is -0.477 e. The zero-order valence-electron chi connectivity index (χ0n) is 9.08. The molecule has 0 saturated carbocycles. The van der Waals surface area contributed by atoms with E-state index in [0.29, 0.717) is 11.3 Å². The molecule has 1 rings (SSSR count). The summed E-state index contributed by atoms with van der Waals surface area (Å²) < 4.78 is 25.7. The molecule has 17 heavy (non-hydrogen) atoms. The van der Waals surface area contributed by atoms with Gasteiger partial charge in [-0.2, -0.15) is 0 Å². The van der Waals surface area contributed by atoms with E-state index in [1.165, 1.54) is 12.1 Å². The predicted molar refractivity (Wildman–Crippen MR) is 62.7 cm³/mol. The molecule has 0 aliphatic heterocycles. The number of carbonyl (C=O) groups is 1. The quantitative estimate of drug-likeness (QED) is 0.697. The molecular formula is C9H13NO5S2. The van der Waals surface area contributed by atoms with Gasteiger partial charge in [-0.3, -0.25) is 0 Å². The number of carboxylic acids is 1. The maximum Gasteiger partial charge on any atom is 0.345 e. The molecule has 1 aromatic rings. The normalized spacial score (nSPS) is 13.5. The first kappa shape index (κ1) is 14.1. The molecule has 0 amide bonds. The van der Waals surface area contributed by atoms with Crippen molar-refractivity contribution in [3.8, 4) is 0 Å². The van der Waals surface area contributed by atoms with Crippen LogP contribution in [-0.4, -0.2) is 37.8 Å². The summed E-state index contributed by atoms with van der Waals surface area (Å²) in [5.41, 5.74) is 0. The van der Waals surface area contributed by atoms with Crippen molar-refractivity contribution in [2.75, 3.05) is 13.2 Å². The molecule has 0 fully saturated rings. The second-order valence-corrected chi connectivity index (χ2v) is 6.64. The average Bonchev–Trinajstić information content (AvgIpc) is 2.76. The van der Waals surface area contributed by atoms with Gasteiger partial charge in [0.1, 0.15) is 9.09 Å². The van der Waals surface area contributed by atoms with Crippen LogP contribution in [-0.2, 0) is 10.0 Å². The van der Waals surface area contributed by atoms with Gasteiger partial charge in [-0.25, -0.2) is 17.9 Å². The van der Waals surface area contributed by atoms with Crippen LogP contribution in [0.5, 0.6) is 0 Å². The van der Waals surface area contributed by atoms with E-state index in [0.717, 1.165) is 0 Å². The number of carboxylic acid groups (broad SMARTS) is 1. The van der Waals surface area contributed by atoms with Crippen LogP contribution in [0.1, 0.15) is 16.6 Å². The number of rotatable bonds is 6. The van der Waals surface area contributed by atoms with Gasteiger partial charge in [0.25, 0.3) is 0 Å². The number of hydrogen-bond acceptors (Lipinski definition) is 5. The lowest BCUT2D eigenvalue weighted by atomic mass is 10.2. The van der Waals surface area contributed by atoms with Crippen LogP contribution in [0.4, 0.5) is 0 Å². The third kappa shape index (κ3) is 3.77. The van der Waals surface area contributed by atoms with Gasteiger partial charge >= 0.3 is 5.97 Å². The Morgan fingerprint density at radius 3 is 2.65 bits per heavy atom. The molecule has 6 nitrogen and oxygen atoms in total. The van der Waals surface area contributed by atoms with E-state index in [1.807, 2.05) is 0 Å². The van der Waals surface area contributed by atoms with Crippen molar-refractivity contribution in [3.63, 3.8) is 0 Å². The highest BCUT2D eigenvalue weighted by Gasteiger charge is 2.19. The summed E-state index contributed by atoms with van der Waals surface area (Å²) in [4.78, 5) is 10.6. The van der Waals surface area contributed by atoms with Crippen molar-refractivity contribution in [1.29, 1.82) is 0 Å². The topological polar surface area (TPSA) is 104 Å². The minimum absolute atomic E-state index is 0.0272. The number of aliphatic hydroxyl groups excluding tert-OH is 1. The van der Waals surface area contributed by atoms with Crippen LogP contribution in [0.25, 0.3) is 0 Å². The van der Waals surface area contributed by atoms with E-state index in [9.17, 15) is 13.2 Å². The number of aliphatic hydroxyl groups is 1. The zero-order chi connectivity index (χ0) is 13.1. The summed E-state index contributed by atoms with van der Waals surface area (Å²) in [6.07, 6.45) is 0. The van der Waals surface area contributed by atoms with E-state index in [4.69, 9.17) is 10.2 Å². The third-order valence-electron chi connectivity index (χ3n) is 1.99. The highest BCUT2D eigenvalue weighted by molar-refractivity contribution is 7.91. The number of thiophene rings is 1. The maximum atomic E-state index is 11.7. The maximum absolute atomic E-state index is 11.7. The van der Waals surface area contributed by atoms with Gasteiger partial charge in [-0.05, 0) is 18.1 Å². The monoisotopic (exact) mass is 279 g/mol. The third-order valence-corrected chi connectivity index (χ3v) is 4.98. The first-order chi connectivity index (χ1) is 7.86. The molecule has 0 bridgehead atoms. The number of hydrogen-bond donors (Lipinski definition) is 3. The zero-order valence-corrected chi connectivity index (χ0v) is 10.7. The van der Waals surface area contributed by atoms with Crippen molar-refractivity contribution in [1.82, 2.24) is 4.72 Å². The summed E-state index contributed by atoms with van der Waals surface area (Å²) in [6, 6.07) is 2.50. The Balaban J connectivity index is 2.79.